The molecule has 0 bridgehead atoms. The topological polar surface area (TPSA) is 63.4 Å². The van der Waals surface area contributed by atoms with E-state index < -0.39 is 0 Å². The molecule has 22 heavy (non-hydrogen) atoms. The molecule has 1 fully saturated rings. The fourth-order valence-corrected chi connectivity index (χ4v) is 3.98. The summed E-state index contributed by atoms with van der Waals surface area (Å²) in [6.07, 6.45) is 3.89. The van der Waals surface area contributed by atoms with Crippen molar-refractivity contribution in [2.75, 3.05) is 13.1 Å². The highest BCUT2D eigenvalue weighted by atomic mass is 35.5. The SMILES string of the molecule is NC(=O)[C@@H]1CCN(C(=O)/C=C\c2sc3ccccc3c2Cl)C1. The molecule has 2 N–H and O–H groups in total. The first-order valence-corrected chi connectivity index (χ1v) is 8.19. The van der Waals surface area contributed by atoms with Crippen molar-refractivity contribution in [1.82, 2.24) is 4.90 Å². The van der Waals surface area contributed by atoms with Crippen molar-refractivity contribution in [1.29, 1.82) is 0 Å². The smallest absolute Gasteiger partial charge is 0.246 e. The maximum atomic E-state index is 12.2. The lowest BCUT2D eigenvalue weighted by molar-refractivity contribution is -0.125. The predicted octanol–water partition coefficient (Wildman–Crippen LogP) is 2.90. The lowest BCUT2D eigenvalue weighted by Crippen LogP contribution is -2.30. The molecule has 0 unspecified atom stereocenters. The summed E-state index contributed by atoms with van der Waals surface area (Å²) < 4.78 is 1.09. The molecule has 0 spiro atoms. The Hall–Kier alpha value is -1.85. The second kappa shape index (κ2) is 6.10. The van der Waals surface area contributed by atoms with E-state index in [9.17, 15) is 9.59 Å². The van der Waals surface area contributed by atoms with E-state index in [1.165, 1.54) is 6.08 Å². The van der Waals surface area contributed by atoms with Gasteiger partial charge in [0.15, 0.2) is 0 Å². The van der Waals surface area contributed by atoms with Crippen LogP contribution >= 0.6 is 22.9 Å². The molecular weight excluding hydrogens is 320 g/mol. The monoisotopic (exact) mass is 334 g/mol. The van der Waals surface area contributed by atoms with E-state index >= 15 is 0 Å². The normalized spacial score (nSPS) is 18.4. The first-order valence-electron chi connectivity index (χ1n) is 6.99. The Balaban J connectivity index is 1.74. The molecule has 114 valence electrons. The standard InChI is InChI=1S/C16H15ClN2O2S/c17-15-11-3-1-2-4-12(11)22-13(15)5-6-14(20)19-8-7-10(9-19)16(18)21/h1-6,10H,7-9H2,(H2,18,21)/b6-5-/t10-/m1/s1. The molecule has 2 heterocycles. The molecule has 1 aliphatic heterocycles. The first kappa shape index (κ1) is 15.1. The average Bonchev–Trinajstić information content (AvgIpc) is 3.11. The summed E-state index contributed by atoms with van der Waals surface area (Å²) in [5, 5.41) is 1.66. The lowest BCUT2D eigenvalue weighted by Gasteiger charge is -2.12. The molecule has 4 nitrogen and oxygen atoms in total. The van der Waals surface area contributed by atoms with Gasteiger partial charge in [-0.1, -0.05) is 29.8 Å². The van der Waals surface area contributed by atoms with Crippen molar-refractivity contribution in [2.24, 2.45) is 11.7 Å². The van der Waals surface area contributed by atoms with Gasteiger partial charge < -0.3 is 10.6 Å². The van der Waals surface area contributed by atoms with Crippen molar-refractivity contribution < 1.29 is 9.59 Å². The Kier molecular flexibility index (Phi) is 4.18. The van der Waals surface area contributed by atoms with E-state index in [0.717, 1.165) is 15.0 Å². The highest BCUT2D eigenvalue weighted by molar-refractivity contribution is 7.20. The third kappa shape index (κ3) is 2.87. The number of rotatable bonds is 3. The zero-order chi connectivity index (χ0) is 15.7. The summed E-state index contributed by atoms with van der Waals surface area (Å²) in [5.41, 5.74) is 5.28. The van der Waals surface area contributed by atoms with Crippen LogP contribution in [0, 0.1) is 5.92 Å². The molecule has 1 aromatic heterocycles. The summed E-state index contributed by atoms with van der Waals surface area (Å²) in [7, 11) is 0. The molecular formula is C16H15ClN2O2S. The summed E-state index contributed by atoms with van der Waals surface area (Å²) in [5.74, 6) is -0.686. The highest BCUT2D eigenvalue weighted by Crippen LogP contribution is 2.35. The van der Waals surface area contributed by atoms with Crippen LogP contribution in [0.3, 0.4) is 0 Å². The number of primary amides is 1. The van der Waals surface area contributed by atoms with E-state index in [-0.39, 0.29) is 17.7 Å². The minimum absolute atomic E-state index is 0.114. The number of fused-ring (bicyclic) bond motifs is 1. The maximum Gasteiger partial charge on any atom is 0.246 e. The molecule has 1 aromatic carbocycles. The molecule has 1 atom stereocenters. The van der Waals surface area contributed by atoms with Gasteiger partial charge in [0.25, 0.3) is 0 Å². The molecule has 2 amide bonds. The zero-order valence-electron chi connectivity index (χ0n) is 11.8. The Morgan fingerprint density at radius 1 is 1.36 bits per heavy atom. The number of likely N-dealkylation sites (tertiary alicyclic amines) is 1. The Morgan fingerprint density at radius 3 is 2.82 bits per heavy atom. The number of hydrogen-bond donors (Lipinski definition) is 1. The first-order chi connectivity index (χ1) is 10.6. The van der Waals surface area contributed by atoms with Gasteiger partial charge in [-0.25, -0.2) is 0 Å². The van der Waals surface area contributed by atoms with Gasteiger partial charge in [0.1, 0.15) is 0 Å². The second-order valence-corrected chi connectivity index (χ2v) is 6.74. The van der Waals surface area contributed by atoms with Crippen molar-refractivity contribution in [2.45, 2.75) is 6.42 Å². The van der Waals surface area contributed by atoms with Crippen molar-refractivity contribution in [3.8, 4) is 0 Å². The summed E-state index contributed by atoms with van der Waals surface area (Å²) in [4.78, 5) is 25.8. The van der Waals surface area contributed by atoms with E-state index in [2.05, 4.69) is 0 Å². The van der Waals surface area contributed by atoms with Gasteiger partial charge in [0, 0.05) is 34.1 Å². The fraction of sp³-hybridized carbons (Fsp3) is 0.250. The van der Waals surface area contributed by atoms with Crippen LogP contribution in [-0.4, -0.2) is 29.8 Å². The number of hydrogen-bond acceptors (Lipinski definition) is 3. The van der Waals surface area contributed by atoms with Crippen molar-refractivity contribution in [3.05, 3.63) is 40.2 Å². The number of carbonyl (C=O) groups excluding carboxylic acids is 2. The molecule has 1 aliphatic rings. The van der Waals surface area contributed by atoms with Crippen LogP contribution in [-0.2, 0) is 9.59 Å². The third-order valence-electron chi connectivity index (χ3n) is 3.84. The molecule has 6 heteroatoms. The van der Waals surface area contributed by atoms with E-state index in [0.29, 0.717) is 24.5 Å². The third-order valence-corrected chi connectivity index (χ3v) is 5.49. The van der Waals surface area contributed by atoms with Crippen LogP contribution in [0.15, 0.2) is 30.3 Å². The van der Waals surface area contributed by atoms with Crippen molar-refractivity contribution >= 4 is 50.9 Å². The molecule has 1 saturated heterocycles. The number of thiophene rings is 1. The van der Waals surface area contributed by atoms with Crippen LogP contribution in [0.2, 0.25) is 5.02 Å². The van der Waals surface area contributed by atoms with Gasteiger partial charge >= 0.3 is 0 Å². The minimum Gasteiger partial charge on any atom is -0.369 e. The van der Waals surface area contributed by atoms with Crippen LogP contribution in [0.4, 0.5) is 0 Å². The molecule has 0 aliphatic carbocycles. The minimum atomic E-state index is -0.341. The number of nitrogens with zero attached hydrogens (tertiary/aromatic N) is 1. The summed E-state index contributed by atoms with van der Waals surface area (Å²) >= 11 is 7.89. The zero-order valence-corrected chi connectivity index (χ0v) is 13.4. The molecule has 3 rings (SSSR count). The van der Waals surface area contributed by atoms with Gasteiger partial charge in [-0.2, -0.15) is 0 Å². The van der Waals surface area contributed by atoms with Gasteiger partial charge in [-0.3, -0.25) is 9.59 Å². The number of benzene rings is 1. The largest absolute Gasteiger partial charge is 0.369 e. The molecule has 0 saturated carbocycles. The van der Waals surface area contributed by atoms with Crippen molar-refractivity contribution in [3.63, 3.8) is 0 Å². The number of nitrogens with two attached hydrogens (primary N) is 1. The Bertz CT molecular complexity index is 769. The Labute approximate surface area is 137 Å². The second-order valence-electron chi connectivity index (χ2n) is 5.28. The van der Waals surface area contributed by atoms with E-state index in [4.69, 9.17) is 17.3 Å². The van der Waals surface area contributed by atoms with Gasteiger partial charge in [-0.05, 0) is 18.6 Å². The average molecular weight is 335 g/mol. The van der Waals surface area contributed by atoms with Crippen LogP contribution in [0.25, 0.3) is 16.2 Å². The predicted molar refractivity (Wildman–Crippen MR) is 89.8 cm³/mol. The van der Waals surface area contributed by atoms with E-state index in [1.807, 2.05) is 24.3 Å². The molecule has 2 aromatic rings. The quantitative estimate of drug-likeness (QED) is 0.877. The Morgan fingerprint density at radius 2 is 2.14 bits per heavy atom. The van der Waals surface area contributed by atoms with Gasteiger partial charge in [0.05, 0.1) is 10.9 Å². The number of halogens is 1. The van der Waals surface area contributed by atoms with Gasteiger partial charge in [0.2, 0.25) is 11.8 Å². The van der Waals surface area contributed by atoms with Crippen LogP contribution < -0.4 is 5.73 Å². The summed E-state index contributed by atoms with van der Waals surface area (Å²) in [6, 6.07) is 7.87. The van der Waals surface area contributed by atoms with E-state index in [1.54, 1.807) is 22.3 Å². The van der Waals surface area contributed by atoms with Gasteiger partial charge in [-0.15, -0.1) is 11.3 Å². The van der Waals surface area contributed by atoms with Crippen LogP contribution in [0.5, 0.6) is 0 Å². The highest BCUT2D eigenvalue weighted by Gasteiger charge is 2.28. The number of amides is 2. The lowest BCUT2D eigenvalue weighted by atomic mass is 10.1. The molecule has 0 radical (unpaired) electrons. The number of carbonyl (C=O) groups is 2. The fourth-order valence-electron chi connectivity index (χ4n) is 2.59. The van der Waals surface area contributed by atoms with Crippen LogP contribution in [0.1, 0.15) is 11.3 Å². The summed E-state index contributed by atoms with van der Waals surface area (Å²) in [6.45, 7) is 0.968. The maximum absolute atomic E-state index is 12.2.